The van der Waals surface area contributed by atoms with Gasteiger partial charge in [-0.15, -0.1) is 0 Å². The smallest absolute Gasteiger partial charge is 0.306 e. The predicted molar refractivity (Wildman–Crippen MR) is 252 cm³/mol. The molecule has 0 radical (unpaired) electrons. The molecule has 0 aliphatic carbocycles. The fraction of sp³-hybridized carbons (Fsp3) is 0.943. The summed E-state index contributed by atoms with van der Waals surface area (Å²) >= 11 is 0. The van der Waals surface area contributed by atoms with E-state index in [2.05, 4.69) is 41.5 Å². The molecule has 0 saturated heterocycles. The number of rotatable bonds is 46. The zero-order chi connectivity index (χ0) is 43.4. The Morgan fingerprint density at radius 1 is 0.339 bits per heavy atom. The van der Waals surface area contributed by atoms with Crippen molar-refractivity contribution in [2.75, 3.05) is 13.2 Å². The molecular formula is C53H102O6. The molecule has 0 saturated carbocycles. The Balaban J connectivity index is 4.27. The quantitative estimate of drug-likeness (QED) is 0.0345. The summed E-state index contributed by atoms with van der Waals surface area (Å²) in [6.07, 6.45) is 43.8. The molecule has 0 spiro atoms. The van der Waals surface area contributed by atoms with E-state index in [4.69, 9.17) is 14.2 Å². The molecule has 2 unspecified atom stereocenters. The molecule has 0 N–H and O–H groups in total. The predicted octanol–water partition coefficient (Wildman–Crippen LogP) is 16.8. The maximum Gasteiger partial charge on any atom is 0.306 e. The van der Waals surface area contributed by atoms with Crippen molar-refractivity contribution in [3.05, 3.63) is 0 Å². The minimum absolute atomic E-state index is 0.0655. The highest BCUT2D eigenvalue weighted by Gasteiger charge is 2.19. The highest BCUT2D eigenvalue weighted by molar-refractivity contribution is 5.71. The molecule has 0 bridgehead atoms. The van der Waals surface area contributed by atoms with Crippen LogP contribution < -0.4 is 0 Å². The van der Waals surface area contributed by atoms with E-state index in [1.54, 1.807) is 0 Å². The van der Waals surface area contributed by atoms with Crippen molar-refractivity contribution < 1.29 is 28.6 Å². The van der Waals surface area contributed by atoms with Gasteiger partial charge in [0.05, 0.1) is 0 Å². The zero-order valence-corrected chi connectivity index (χ0v) is 40.5. The van der Waals surface area contributed by atoms with Crippen molar-refractivity contribution in [1.29, 1.82) is 0 Å². The number of ether oxygens (including phenoxy) is 3. The van der Waals surface area contributed by atoms with Crippen LogP contribution in [-0.4, -0.2) is 37.2 Å². The molecule has 0 aromatic carbocycles. The molecule has 0 fully saturated rings. The Labute approximate surface area is 368 Å². The topological polar surface area (TPSA) is 78.9 Å². The van der Waals surface area contributed by atoms with Gasteiger partial charge < -0.3 is 14.2 Å². The first-order valence-electron chi connectivity index (χ1n) is 26.2. The molecular weight excluding hydrogens is 733 g/mol. The normalized spacial score (nSPS) is 13.1. The van der Waals surface area contributed by atoms with E-state index < -0.39 is 6.10 Å². The second-order valence-corrected chi connectivity index (χ2v) is 19.1. The van der Waals surface area contributed by atoms with Crippen LogP contribution in [0.2, 0.25) is 0 Å². The summed E-state index contributed by atoms with van der Waals surface area (Å²) in [6.45, 7) is 13.7. The van der Waals surface area contributed by atoms with Crippen LogP contribution in [-0.2, 0) is 28.6 Å². The van der Waals surface area contributed by atoms with E-state index in [0.717, 1.165) is 75.5 Å². The molecule has 0 rings (SSSR count). The molecule has 6 heteroatoms. The number of esters is 3. The third-order valence-corrected chi connectivity index (χ3v) is 12.6. The second-order valence-electron chi connectivity index (χ2n) is 19.1. The van der Waals surface area contributed by atoms with Crippen molar-refractivity contribution in [2.24, 2.45) is 17.8 Å². The number of carbonyl (C=O) groups is 3. The molecule has 59 heavy (non-hydrogen) atoms. The van der Waals surface area contributed by atoms with Gasteiger partial charge in [-0.05, 0) is 37.0 Å². The maximum atomic E-state index is 12.8. The van der Waals surface area contributed by atoms with Gasteiger partial charge in [0.15, 0.2) is 6.10 Å². The summed E-state index contributed by atoms with van der Waals surface area (Å²) in [5.41, 5.74) is 0. The lowest BCUT2D eigenvalue weighted by atomic mass is 9.99. The first-order valence-corrected chi connectivity index (χ1v) is 26.2. The van der Waals surface area contributed by atoms with Gasteiger partial charge in [0.25, 0.3) is 0 Å². The summed E-state index contributed by atoms with van der Waals surface area (Å²) in [7, 11) is 0. The van der Waals surface area contributed by atoms with Crippen molar-refractivity contribution >= 4 is 17.9 Å². The summed E-state index contributed by atoms with van der Waals surface area (Å²) < 4.78 is 16.8. The fourth-order valence-electron chi connectivity index (χ4n) is 7.87. The van der Waals surface area contributed by atoms with Crippen molar-refractivity contribution in [2.45, 2.75) is 292 Å². The van der Waals surface area contributed by atoms with E-state index in [1.807, 2.05) is 0 Å². The lowest BCUT2D eigenvalue weighted by Crippen LogP contribution is -2.30. The van der Waals surface area contributed by atoms with Crippen molar-refractivity contribution in [3.63, 3.8) is 0 Å². The van der Waals surface area contributed by atoms with Crippen LogP contribution in [0, 0.1) is 17.8 Å². The molecule has 0 amide bonds. The molecule has 0 aromatic heterocycles. The molecule has 350 valence electrons. The van der Waals surface area contributed by atoms with Crippen LogP contribution in [0.5, 0.6) is 0 Å². The Hall–Kier alpha value is -1.59. The number of hydrogen-bond acceptors (Lipinski definition) is 6. The Morgan fingerprint density at radius 3 is 0.881 bits per heavy atom. The van der Waals surface area contributed by atoms with Crippen LogP contribution in [0.4, 0.5) is 0 Å². The summed E-state index contributed by atoms with van der Waals surface area (Å²) in [5.74, 6) is 1.67. The van der Waals surface area contributed by atoms with Gasteiger partial charge >= 0.3 is 17.9 Å². The highest BCUT2D eigenvalue weighted by atomic mass is 16.6. The van der Waals surface area contributed by atoms with Crippen LogP contribution in [0.25, 0.3) is 0 Å². The van der Waals surface area contributed by atoms with E-state index in [-0.39, 0.29) is 31.1 Å². The average Bonchev–Trinajstić information content (AvgIpc) is 3.22. The van der Waals surface area contributed by atoms with Crippen molar-refractivity contribution in [3.8, 4) is 0 Å². The van der Waals surface area contributed by atoms with E-state index in [9.17, 15) is 14.4 Å². The van der Waals surface area contributed by atoms with Gasteiger partial charge in [-0.3, -0.25) is 14.4 Å². The lowest BCUT2D eigenvalue weighted by molar-refractivity contribution is -0.167. The number of hydrogen-bond donors (Lipinski definition) is 0. The maximum absolute atomic E-state index is 12.8. The van der Waals surface area contributed by atoms with Gasteiger partial charge in [-0.2, -0.15) is 0 Å². The Morgan fingerprint density at radius 2 is 0.593 bits per heavy atom. The fourth-order valence-corrected chi connectivity index (χ4v) is 7.87. The SMILES string of the molecule is CCC(C)CCCCCCCCCCCCCCCCC(=O)O[C@@H](COC(=O)CCCCCCCCCCCCC(C)CC)COC(=O)CCCCCCCCC(C)C. The second kappa shape index (κ2) is 44.5. The van der Waals surface area contributed by atoms with Crippen molar-refractivity contribution in [1.82, 2.24) is 0 Å². The third-order valence-electron chi connectivity index (χ3n) is 12.6. The highest BCUT2D eigenvalue weighted by Crippen LogP contribution is 2.18. The van der Waals surface area contributed by atoms with Gasteiger partial charge in [-0.25, -0.2) is 0 Å². The van der Waals surface area contributed by atoms with Gasteiger partial charge in [-0.1, -0.05) is 247 Å². The summed E-state index contributed by atoms with van der Waals surface area (Å²) in [5, 5.41) is 0. The minimum Gasteiger partial charge on any atom is -0.462 e. The first-order chi connectivity index (χ1) is 28.7. The molecule has 3 atom stereocenters. The molecule has 0 heterocycles. The molecule has 6 nitrogen and oxygen atoms in total. The van der Waals surface area contributed by atoms with Gasteiger partial charge in [0.2, 0.25) is 0 Å². The molecule has 0 aliphatic rings. The Bertz CT molecular complexity index is 918. The zero-order valence-electron chi connectivity index (χ0n) is 40.5. The minimum atomic E-state index is -0.763. The molecule has 0 aromatic rings. The molecule has 0 aliphatic heterocycles. The largest absolute Gasteiger partial charge is 0.462 e. The summed E-state index contributed by atoms with van der Waals surface area (Å²) in [6, 6.07) is 0. The van der Waals surface area contributed by atoms with E-state index in [1.165, 1.54) is 167 Å². The number of unbranched alkanes of at least 4 members (excludes halogenated alkanes) is 27. The third kappa shape index (κ3) is 44.3. The number of carbonyl (C=O) groups excluding carboxylic acids is 3. The lowest BCUT2D eigenvalue weighted by Gasteiger charge is -2.18. The van der Waals surface area contributed by atoms with Crippen LogP contribution in [0.1, 0.15) is 286 Å². The van der Waals surface area contributed by atoms with Gasteiger partial charge in [0.1, 0.15) is 13.2 Å². The average molecular weight is 835 g/mol. The van der Waals surface area contributed by atoms with E-state index >= 15 is 0 Å². The van der Waals surface area contributed by atoms with Crippen LogP contribution >= 0.6 is 0 Å². The van der Waals surface area contributed by atoms with Gasteiger partial charge in [0, 0.05) is 19.3 Å². The van der Waals surface area contributed by atoms with Crippen LogP contribution in [0.3, 0.4) is 0 Å². The standard InChI is InChI=1S/C53H102O6/c1-7-48(5)40-34-28-21-17-13-11-9-10-12-14-20-24-32-38-44-53(56)59-50(46-58-52(55)43-37-31-26-25-27-33-39-47(3)4)45-57-51(54)42-36-30-23-19-16-15-18-22-29-35-41-49(6)8-2/h47-50H,7-46H2,1-6H3/t48?,49?,50-/m0/s1. The first kappa shape index (κ1) is 57.4. The monoisotopic (exact) mass is 835 g/mol. The van der Waals surface area contributed by atoms with E-state index in [0.29, 0.717) is 19.3 Å². The Kier molecular flexibility index (Phi) is 43.3. The summed E-state index contributed by atoms with van der Waals surface area (Å²) in [4.78, 5) is 37.9. The van der Waals surface area contributed by atoms with Crippen LogP contribution in [0.15, 0.2) is 0 Å².